The molecular weight excluding hydrogens is 210 g/mol. The molecule has 0 N–H and O–H groups in total. The Labute approximate surface area is 104 Å². The van der Waals surface area contributed by atoms with Crippen molar-refractivity contribution < 1.29 is 4.79 Å². The van der Waals surface area contributed by atoms with Crippen LogP contribution in [0.1, 0.15) is 38.3 Å². The Hall–Kier alpha value is -1.31. The second-order valence-electron chi connectivity index (χ2n) is 5.85. The van der Waals surface area contributed by atoms with E-state index >= 15 is 0 Å². The van der Waals surface area contributed by atoms with Crippen LogP contribution in [0.3, 0.4) is 0 Å². The number of benzene rings is 1. The number of aryl methyl sites for hydroxylation is 1. The van der Waals surface area contributed by atoms with Crippen molar-refractivity contribution in [3.63, 3.8) is 0 Å². The molecule has 2 heteroatoms. The lowest BCUT2D eigenvalue weighted by Gasteiger charge is -2.28. The summed E-state index contributed by atoms with van der Waals surface area (Å²) in [5, 5.41) is 0. The van der Waals surface area contributed by atoms with Gasteiger partial charge in [-0.2, -0.15) is 0 Å². The largest absolute Gasteiger partial charge is 0.338 e. The zero-order chi connectivity index (χ0) is 12.5. The summed E-state index contributed by atoms with van der Waals surface area (Å²) in [6.45, 7) is 7.63. The van der Waals surface area contributed by atoms with Gasteiger partial charge in [0.1, 0.15) is 0 Å². The minimum absolute atomic E-state index is 0.259. The van der Waals surface area contributed by atoms with E-state index in [4.69, 9.17) is 0 Å². The second kappa shape index (κ2) is 4.52. The standard InChI is InChI=1S/C15H21NO/c1-15(2,3)14(17)16-10-6-9-12-7-4-5-8-13(12)11-16/h4-5,7-8H,6,9-11H2,1-3H3. The average Bonchev–Trinajstić information content (AvgIpc) is 2.48. The Morgan fingerprint density at radius 3 is 2.47 bits per heavy atom. The molecule has 0 aliphatic carbocycles. The highest BCUT2D eigenvalue weighted by Gasteiger charge is 2.28. The first-order chi connectivity index (χ1) is 7.98. The van der Waals surface area contributed by atoms with Crippen molar-refractivity contribution in [1.82, 2.24) is 4.90 Å². The number of fused-ring (bicyclic) bond motifs is 1. The van der Waals surface area contributed by atoms with Crippen LogP contribution < -0.4 is 0 Å². The number of carbonyl (C=O) groups excluding carboxylic acids is 1. The van der Waals surface area contributed by atoms with Gasteiger partial charge in [0.2, 0.25) is 5.91 Å². The zero-order valence-electron chi connectivity index (χ0n) is 11.0. The Kier molecular flexibility index (Phi) is 3.23. The van der Waals surface area contributed by atoms with E-state index < -0.39 is 0 Å². The Morgan fingerprint density at radius 2 is 1.82 bits per heavy atom. The van der Waals surface area contributed by atoms with Gasteiger partial charge in [-0.3, -0.25) is 4.79 Å². The van der Waals surface area contributed by atoms with E-state index in [1.54, 1.807) is 0 Å². The van der Waals surface area contributed by atoms with Gasteiger partial charge in [-0.15, -0.1) is 0 Å². The molecule has 0 fully saturated rings. The van der Waals surface area contributed by atoms with Gasteiger partial charge in [0, 0.05) is 18.5 Å². The average molecular weight is 231 g/mol. The monoisotopic (exact) mass is 231 g/mol. The summed E-state index contributed by atoms with van der Waals surface area (Å²) in [6.07, 6.45) is 2.16. The molecule has 0 unspecified atom stereocenters. The molecule has 2 nitrogen and oxygen atoms in total. The van der Waals surface area contributed by atoms with E-state index in [1.165, 1.54) is 11.1 Å². The van der Waals surface area contributed by atoms with Crippen LogP contribution in [0.15, 0.2) is 24.3 Å². The summed E-state index contributed by atoms with van der Waals surface area (Å²) < 4.78 is 0. The highest BCUT2D eigenvalue weighted by atomic mass is 16.2. The van der Waals surface area contributed by atoms with Crippen molar-refractivity contribution in [3.8, 4) is 0 Å². The fourth-order valence-corrected chi connectivity index (χ4v) is 2.35. The van der Waals surface area contributed by atoms with Crippen LogP contribution in [-0.4, -0.2) is 17.4 Å². The van der Waals surface area contributed by atoms with Crippen molar-refractivity contribution in [3.05, 3.63) is 35.4 Å². The van der Waals surface area contributed by atoms with Crippen LogP contribution in [0, 0.1) is 5.41 Å². The maximum absolute atomic E-state index is 12.3. The maximum atomic E-state index is 12.3. The number of rotatable bonds is 0. The molecule has 17 heavy (non-hydrogen) atoms. The maximum Gasteiger partial charge on any atom is 0.228 e. The first kappa shape index (κ1) is 12.2. The molecule has 0 spiro atoms. The van der Waals surface area contributed by atoms with Gasteiger partial charge < -0.3 is 4.90 Å². The number of hydrogen-bond donors (Lipinski definition) is 0. The molecule has 0 bridgehead atoms. The predicted molar refractivity (Wildman–Crippen MR) is 69.6 cm³/mol. The van der Waals surface area contributed by atoms with E-state index in [9.17, 15) is 4.79 Å². The molecule has 1 aromatic carbocycles. The molecule has 0 saturated heterocycles. The van der Waals surface area contributed by atoms with Crippen LogP contribution in [0.4, 0.5) is 0 Å². The summed E-state index contributed by atoms with van der Waals surface area (Å²) in [4.78, 5) is 14.3. The van der Waals surface area contributed by atoms with E-state index in [2.05, 4.69) is 24.3 Å². The van der Waals surface area contributed by atoms with Crippen LogP contribution in [0.5, 0.6) is 0 Å². The second-order valence-corrected chi connectivity index (χ2v) is 5.85. The topological polar surface area (TPSA) is 20.3 Å². The quantitative estimate of drug-likeness (QED) is 0.672. The molecule has 1 heterocycles. The van der Waals surface area contributed by atoms with Crippen molar-refractivity contribution in [2.45, 2.75) is 40.2 Å². The van der Waals surface area contributed by atoms with Gasteiger partial charge in [-0.05, 0) is 24.0 Å². The number of hydrogen-bond acceptors (Lipinski definition) is 1. The van der Waals surface area contributed by atoms with Gasteiger partial charge in [0.25, 0.3) is 0 Å². The minimum atomic E-state index is -0.278. The van der Waals surface area contributed by atoms with Crippen LogP contribution in [-0.2, 0) is 17.8 Å². The van der Waals surface area contributed by atoms with Gasteiger partial charge in [-0.1, -0.05) is 45.0 Å². The van der Waals surface area contributed by atoms with E-state index in [0.29, 0.717) is 0 Å². The first-order valence-electron chi connectivity index (χ1n) is 6.34. The third kappa shape index (κ3) is 2.68. The molecule has 0 saturated carbocycles. The summed E-state index contributed by atoms with van der Waals surface area (Å²) in [6, 6.07) is 8.47. The van der Waals surface area contributed by atoms with Crippen molar-refractivity contribution in [2.75, 3.05) is 6.54 Å². The van der Waals surface area contributed by atoms with Gasteiger partial charge >= 0.3 is 0 Å². The van der Waals surface area contributed by atoms with Gasteiger partial charge in [-0.25, -0.2) is 0 Å². The normalized spacial score (nSPS) is 16.3. The molecule has 1 aliphatic heterocycles. The highest BCUT2D eigenvalue weighted by molar-refractivity contribution is 5.81. The van der Waals surface area contributed by atoms with Crippen LogP contribution in [0.2, 0.25) is 0 Å². The minimum Gasteiger partial charge on any atom is -0.338 e. The van der Waals surface area contributed by atoms with Gasteiger partial charge in [0.05, 0.1) is 0 Å². The molecule has 0 aromatic heterocycles. The van der Waals surface area contributed by atoms with Crippen molar-refractivity contribution in [1.29, 1.82) is 0 Å². The zero-order valence-corrected chi connectivity index (χ0v) is 11.0. The van der Waals surface area contributed by atoms with Crippen molar-refractivity contribution >= 4 is 5.91 Å². The lowest BCUT2D eigenvalue weighted by molar-refractivity contribution is -0.140. The molecule has 0 radical (unpaired) electrons. The molecule has 0 atom stereocenters. The SMILES string of the molecule is CC(C)(C)C(=O)N1CCCc2ccccc2C1. The molecule has 92 valence electrons. The Bertz CT molecular complexity index is 417. The fourth-order valence-electron chi connectivity index (χ4n) is 2.35. The Morgan fingerprint density at radius 1 is 1.18 bits per heavy atom. The molecule has 1 amide bonds. The van der Waals surface area contributed by atoms with E-state index in [-0.39, 0.29) is 11.3 Å². The highest BCUT2D eigenvalue weighted by Crippen LogP contribution is 2.23. The fraction of sp³-hybridized carbons (Fsp3) is 0.533. The third-order valence-electron chi connectivity index (χ3n) is 3.28. The lowest BCUT2D eigenvalue weighted by atomic mass is 9.94. The third-order valence-corrected chi connectivity index (χ3v) is 3.28. The van der Waals surface area contributed by atoms with Gasteiger partial charge in [0.15, 0.2) is 0 Å². The summed E-state index contributed by atoms with van der Waals surface area (Å²) in [5.74, 6) is 0.259. The Balaban J connectivity index is 2.22. The number of carbonyl (C=O) groups is 1. The van der Waals surface area contributed by atoms with E-state index in [1.807, 2.05) is 25.7 Å². The van der Waals surface area contributed by atoms with Crippen LogP contribution >= 0.6 is 0 Å². The summed E-state index contributed by atoms with van der Waals surface area (Å²) in [7, 11) is 0. The predicted octanol–water partition coefficient (Wildman–Crippen LogP) is 3.01. The molecular formula is C15H21NO. The lowest BCUT2D eigenvalue weighted by Crippen LogP contribution is -2.39. The molecule has 1 aliphatic rings. The van der Waals surface area contributed by atoms with E-state index in [0.717, 1.165) is 25.9 Å². The summed E-state index contributed by atoms with van der Waals surface area (Å²) in [5.41, 5.74) is 2.43. The summed E-state index contributed by atoms with van der Waals surface area (Å²) >= 11 is 0. The van der Waals surface area contributed by atoms with Crippen LogP contribution in [0.25, 0.3) is 0 Å². The molecule has 1 aromatic rings. The number of amides is 1. The first-order valence-corrected chi connectivity index (χ1v) is 6.34. The smallest absolute Gasteiger partial charge is 0.228 e. The number of nitrogens with zero attached hydrogens (tertiary/aromatic N) is 1. The van der Waals surface area contributed by atoms with Crippen molar-refractivity contribution in [2.24, 2.45) is 5.41 Å². The molecule has 2 rings (SSSR count).